The Morgan fingerprint density at radius 2 is 2.42 bits per heavy atom. The first kappa shape index (κ1) is 10.2. The highest BCUT2D eigenvalue weighted by Gasteiger charge is 2.13. The third-order valence-electron chi connectivity index (χ3n) is 1.53. The lowest BCUT2D eigenvalue weighted by Crippen LogP contribution is -2.32. The molecule has 1 aliphatic rings. The van der Waals surface area contributed by atoms with Crippen molar-refractivity contribution in [2.75, 3.05) is 30.3 Å². The largest absolute Gasteiger partial charge is 0.480 e. The van der Waals surface area contributed by atoms with Crippen molar-refractivity contribution in [3.63, 3.8) is 0 Å². The van der Waals surface area contributed by atoms with Crippen molar-refractivity contribution < 1.29 is 9.90 Å². The van der Waals surface area contributed by atoms with E-state index in [1.54, 1.807) is 0 Å². The lowest BCUT2D eigenvalue weighted by atomic mass is 10.4. The van der Waals surface area contributed by atoms with Gasteiger partial charge >= 0.3 is 5.97 Å². The number of aliphatic carboxylic acids is 1. The van der Waals surface area contributed by atoms with Crippen LogP contribution in [-0.4, -0.2) is 46.7 Å². The van der Waals surface area contributed by atoms with Gasteiger partial charge in [-0.3, -0.25) is 4.79 Å². The molecule has 0 amide bonds. The zero-order chi connectivity index (χ0) is 8.81. The predicted molar refractivity (Wildman–Crippen MR) is 54.1 cm³/mol. The summed E-state index contributed by atoms with van der Waals surface area (Å²) in [4.78, 5) is 10.2. The number of carboxylic acids is 1. The molecule has 3 nitrogen and oxygen atoms in total. The summed E-state index contributed by atoms with van der Waals surface area (Å²) in [5, 5.41) is 11.9. The first-order valence-corrected chi connectivity index (χ1v) is 6.11. The Morgan fingerprint density at radius 1 is 1.58 bits per heavy atom. The van der Waals surface area contributed by atoms with E-state index in [-0.39, 0.29) is 6.54 Å². The molecule has 0 aliphatic carbocycles. The summed E-state index contributed by atoms with van der Waals surface area (Å²) in [6, 6.07) is 0. The summed E-state index contributed by atoms with van der Waals surface area (Å²) in [7, 11) is 0. The van der Waals surface area contributed by atoms with Gasteiger partial charge in [0, 0.05) is 29.1 Å². The summed E-state index contributed by atoms with van der Waals surface area (Å²) in [6.07, 6.45) is 0. The predicted octanol–water partition coefficient (Wildman–Crippen LogP) is 0.509. The molecule has 0 spiro atoms. The molecule has 1 saturated heterocycles. The number of rotatable bonds is 4. The van der Waals surface area contributed by atoms with Crippen LogP contribution in [-0.2, 0) is 4.79 Å². The second kappa shape index (κ2) is 5.72. The van der Waals surface area contributed by atoms with Crippen LogP contribution in [0.25, 0.3) is 0 Å². The van der Waals surface area contributed by atoms with Crippen LogP contribution in [0.1, 0.15) is 0 Å². The smallest absolute Gasteiger partial charge is 0.317 e. The van der Waals surface area contributed by atoms with Gasteiger partial charge in [0.2, 0.25) is 0 Å². The molecule has 0 radical (unpaired) electrons. The molecule has 70 valence electrons. The normalized spacial score (nSPS) is 23.8. The van der Waals surface area contributed by atoms with Crippen molar-refractivity contribution in [2.24, 2.45) is 0 Å². The molecule has 1 fully saturated rings. The monoisotopic (exact) mass is 207 g/mol. The molecule has 5 heteroatoms. The van der Waals surface area contributed by atoms with Crippen LogP contribution >= 0.6 is 23.5 Å². The minimum atomic E-state index is -0.775. The molecule has 1 heterocycles. The maximum Gasteiger partial charge on any atom is 0.317 e. The molecule has 2 N–H and O–H groups in total. The van der Waals surface area contributed by atoms with Crippen LogP contribution in [0.2, 0.25) is 0 Å². The Balaban J connectivity index is 2.01. The Labute approximate surface area is 80.7 Å². The molecule has 1 unspecified atom stereocenters. The third-order valence-corrected chi connectivity index (χ3v) is 4.38. The van der Waals surface area contributed by atoms with E-state index < -0.39 is 5.97 Å². The highest BCUT2D eigenvalue weighted by Crippen LogP contribution is 2.22. The first-order valence-electron chi connectivity index (χ1n) is 3.91. The molecular formula is C7H13NO2S2. The van der Waals surface area contributed by atoms with E-state index in [1.807, 2.05) is 23.5 Å². The summed E-state index contributed by atoms with van der Waals surface area (Å²) in [6.45, 7) is 0.908. The van der Waals surface area contributed by atoms with E-state index in [4.69, 9.17) is 5.11 Å². The van der Waals surface area contributed by atoms with E-state index in [9.17, 15) is 4.79 Å². The first-order chi connectivity index (χ1) is 5.79. The fourth-order valence-electron chi connectivity index (χ4n) is 0.995. The Hall–Kier alpha value is 0.130. The van der Waals surface area contributed by atoms with Crippen LogP contribution in [0, 0.1) is 0 Å². The fourth-order valence-corrected chi connectivity index (χ4v) is 3.64. The molecule has 0 aromatic rings. The lowest BCUT2D eigenvalue weighted by Gasteiger charge is -2.20. The molecule has 0 aromatic heterocycles. The van der Waals surface area contributed by atoms with Crippen molar-refractivity contribution in [1.82, 2.24) is 5.32 Å². The van der Waals surface area contributed by atoms with Crippen molar-refractivity contribution in [2.45, 2.75) is 5.25 Å². The van der Waals surface area contributed by atoms with E-state index in [0.717, 1.165) is 12.3 Å². The average molecular weight is 207 g/mol. The fraction of sp³-hybridized carbons (Fsp3) is 0.857. The number of hydrogen-bond donors (Lipinski definition) is 2. The van der Waals surface area contributed by atoms with Gasteiger partial charge in [-0.25, -0.2) is 0 Å². The van der Waals surface area contributed by atoms with Gasteiger partial charge in [-0.2, -0.15) is 23.5 Å². The maximum absolute atomic E-state index is 10.2. The molecule has 12 heavy (non-hydrogen) atoms. The standard InChI is InChI=1S/C7H13NO2S2/c9-7(10)4-8-3-6-5-11-1-2-12-6/h6,8H,1-5H2,(H,9,10). The van der Waals surface area contributed by atoms with E-state index in [1.165, 1.54) is 11.5 Å². The van der Waals surface area contributed by atoms with Crippen molar-refractivity contribution >= 4 is 29.5 Å². The highest BCUT2D eigenvalue weighted by molar-refractivity contribution is 8.06. The summed E-state index contributed by atoms with van der Waals surface area (Å²) in [5.74, 6) is 2.81. The van der Waals surface area contributed by atoms with Gasteiger partial charge in [-0.15, -0.1) is 0 Å². The summed E-state index contributed by atoms with van der Waals surface area (Å²) in [5.41, 5.74) is 0. The Morgan fingerprint density at radius 3 is 3.00 bits per heavy atom. The Kier molecular flexibility index (Phi) is 4.87. The van der Waals surface area contributed by atoms with Crippen LogP contribution < -0.4 is 5.32 Å². The SMILES string of the molecule is O=C(O)CNCC1CSCCS1. The second-order valence-electron chi connectivity index (χ2n) is 2.59. The summed E-state index contributed by atoms with van der Waals surface area (Å²) >= 11 is 3.89. The van der Waals surface area contributed by atoms with Gasteiger partial charge < -0.3 is 10.4 Å². The molecule has 1 aliphatic heterocycles. The van der Waals surface area contributed by atoms with Crippen molar-refractivity contribution in [3.8, 4) is 0 Å². The number of carbonyl (C=O) groups is 1. The zero-order valence-corrected chi connectivity index (χ0v) is 8.42. The lowest BCUT2D eigenvalue weighted by molar-refractivity contribution is -0.135. The van der Waals surface area contributed by atoms with Gasteiger partial charge in [-0.05, 0) is 0 Å². The van der Waals surface area contributed by atoms with Crippen LogP contribution in [0.4, 0.5) is 0 Å². The molecule has 1 atom stereocenters. The van der Waals surface area contributed by atoms with Crippen LogP contribution in [0.15, 0.2) is 0 Å². The minimum Gasteiger partial charge on any atom is -0.480 e. The maximum atomic E-state index is 10.2. The van der Waals surface area contributed by atoms with E-state index in [2.05, 4.69) is 5.32 Å². The van der Waals surface area contributed by atoms with Crippen molar-refractivity contribution in [1.29, 1.82) is 0 Å². The molecular weight excluding hydrogens is 194 g/mol. The van der Waals surface area contributed by atoms with Gasteiger partial charge in [0.25, 0.3) is 0 Å². The summed E-state index contributed by atoms with van der Waals surface area (Å²) < 4.78 is 0. The molecule has 0 saturated carbocycles. The van der Waals surface area contributed by atoms with Gasteiger partial charge in [0.1, 0.15) is 0 Å². The Bertz CT molecular complexity index is 148. The molecule has 0 bridgehead atoms. The van der Waals surface area contributed by atoms with Gasteiger partial charge in [-0.1, -0.05) is 0 Å². The third kappa shape index (κ3) is 4.23. The van der Waals surface area contributed by atoms with Gasteiger partial charge in [0.15, 0.2) is 0 Å². The van der Waals surface area contributed by atoms with E-state index in [0.29, 0.717) is 5.25 Å². The molecule has 0 aromatic carbocycles. The van der Waals surface area contributed by atoms with Crippen LogP contribution in [0.3, 0.4) is 0 Å². The second-order valence-corrected chi connectivity index (χ2v) is 5.15. The molecule has 1 rings (SSSR count). The number of thioether (sulfide) groups is 2. The van der Waals surface area contributed by atoms with Crippen molar-refractivity contribution in [3.05, 3.63) is 0 Å². The minimum absolute atomic E-state index is 0.0850. The topological polar surface area (TPSA) is 49.3 Å². The van der Waals surface area contributed by atoms with E-state index >= 15 is 0 Å². The van der Waals surface area contributed by atoms with Gasteiger partial charge in [0.05, 0.1) is 6.54 Å². The number of hydrogen-bond acceptors (Lipinski definition) is 4. The highest BCUT2D eigenvalue weighted by atomic mass is 32.2. The number of carboxylic acid groups (broad SMARTS) is 1. The zero-order valence-electron chi connectivity index (χ0n) is 6.78. The average Bonchev–Trinajstić information content (AvgIpc) is 2.05. The number of nitrogens with one attached hydrogen (secondary N) is 1. The van der Waals surface area contributed by atoms with Crippen LogP contribution in [0.5, 0.6) is 0 Å². The quantitative estimate of drug-likeness (QED) is 0.703.